The third-order valence-corrected chi connectivity index (χ3v) is 4.88. The Balaban J connectivity index is 1.59. The van der Waals surface area contributed by atoms with E-state index in [2.05, 4.69) is 4.98 Å². The largest absolute Gasteiger partial charge is 0.496 e. The highest BCUT2D eigenvalue weighted by atomic mass is 16.5. The molecule has 0 radical (unpaired) electrons. The number of methoxy groups -OCH3 is 1. The Labute approximate surface area is 159 Å². The number of pyridine rings is 1. The van der Waals surface area contributed by atoms with Crippen LogP contribution < -0.4 is 4.74 Å². The Morgan fingerprint density at radius 1 is 1.04 bits per heavy atom. The first-order valence-electron chi connectivity index (χ1n) is 9.19. The van der Waals surface area contributed by atoms with Crippen molar-refractivity contribution in [2.24, 2.45) is 0 Å². The number of hydrogen-bond donors (Lipinski definition) is 0. The fourth-order valence-electron chi connectivity index (χ4n) is 3.38. The number of aromatic nitrogens is 1. The van der Waals surface area contributed by atoms with Crippen molar-refractivity contribution in [2.45, 2.75) is 19.8 Å². The monoisotopic (exact) mass is 367 g/mol. The lowest BCUT2D eigenvalue weighted by molar-refractivity contribution is -0.130. The average molecular weight is 367 g/mol. The van der Waals surface area contributed by atoms with Crippen LogP contribution in [0.25, 0.3) is 0 Å². The summed E-state index contributed by atoms with van der Waals surface area (Å²) in [4.78, 5) is 32.9. The molecule has 1 saturated heterocycles. The van der Waals surface area contributed by atoms with Gasteiger partial charge in [0.25, 0.3) is 5.91 Å². The molecule has 1 aromatic heterocycles. The van der Waals surface area contributed by atoms with Gasteiger partial charge >= 0.3 is 0 Å². The number of amides is 2. The van der Waals surface area contributed by atoms with Crippen LogP contribution in [-0.2, 0) is 11.2 Å². The lowest BCUT2D eigenvalue weighted by atomic mass is 10.1. The standard InChI is InChI=1S/C21H25N3O3/c1-16-14-17(4-5-19(16)27-2)15-20(25)23-10-3-11-24(13-12-23)21(26)18-6-8-22-9-7-18/h4-9,14H,3,10-13,15H2,1-2H3. The molecule has 27 heavy (non-hydrogen) atoms. The van der Waals surface area contributed by atoms with E-state index >= 15 is 0 Å². The van der Waals surface area contributed by atoms with Crippen molar-refractivity contribution in [3.05, 3.63) is 59.4 Å². The number of ether oxygens (including phenoxy) is 1. The maximum atomic E-state index is 12.7. The van der Waals surface area contributed by atoms with E-state index in [0.29, 0.717) is 38.2 Å². The molecule has 1 aliphatic rings. The van der Waals surface area contributed by atoms with E-state index in [0.717, 1.165) is 23.3 Å². The second-order valence-corrected chi connectivity index (χ2v) is 6.74. The predicted octanol–water partition coefficient (Wildman–Crippen LogP) is 2.32. The summed E-state index contributed by atoms with van der Waals surface area (Å²) in [6.07, 6.45) is 4.39. The normalized spacial score (nSPS) is 14.6. The number of rotatable bonds is 4. The number of benzene rings is 1. The topological polar surface area (TPSA) is 62.7 Å². The molecular formula is C21H25N3O3. The van der Waals surface area contributed by atoms with Crippen LogP contribution in [0.5, 0.6) is 5.75 Å². The molecule has 3 rings (SSSR count). The number of carbonyl (C=O) groups is 2. The molecule has 0 N–H and O–H groups in total. The van der Waals surface area contributed by atoms with Crippen LogP contribution in [0.1, 0.15) is 27.9 Å². The average Bonchev–Trinajstić information content (AvgIpc) is 2.94. The first-order valence-corrected chi connectivity index (χ1v) is 9.19. The Kier molecular flexibility index (Phi) is 6.06. The van der Waals surface area contributed by atoms with Gasteiger partial charge in [0, 0.05) is 44.1 Å². The van der Waals surface area contributed by atoms with Crippen LogP contribution in [0.15, 0.2) is 42.7 Å². The number of carbonyl (C=O) groups excluding carboxylic acids is 2. The third-order valence-electron chi connectivity index (χ3n) is 4.88. The fourth-order valence-corrected chi connectivity index (χ4v) is 3.38. The van der Waals surface area contributed by atoms with E-state index in [9.17, 15) is 9.59 Å². The van der Waals surface area contributed by atoms with E-state index in [1.165, 1.54) is 0 Å². The van der Waals surface area contributed by atoms with E-state index < -0.39 is 0 Å². The van der Waals surface area contributed by atoms with Crippen LogP contribution in [0.3, 0.4) is 0 Å². The molecule has 6 heteroatoms. The molecular weight excluding hydrogens is 342 g/mol. The highest BCUT2D eigenvalue weighted by Crippen LogP contribution is 2.19. The first-order chi connectivity index (χ1) is 13.1. The number of nitrogens with zero attached hydrogens (tertiary/aromatic N) is 3. The molecule has 2 heterocycles. The molecule has 0 bridgehead atoms. The third kappa shape index (κ3) is 4.64. The van der Waals surface area contributed by atoms with Gasteiger partial charge < -0.3 is 14.5 Å². The minimum atomic E-state index is -0.00234. The highest BCUT2D eigenvalue weighted by molar-refractivity contribution is 5.94. The summed E-state index contributed by atoms with van der Waals surface area (Å²) < 4.78 is 5.27. The molecule has 0 aliphatic carbocycles. The van der Waals surface area contributed by atoms with Crippen molar-refractivity contribution < 1.29 is 14.3 Å². The maximum absolute atomic E-state index is 12.7. The van der Waals surface area contributed by atoms with Crippen molar-refractivity contribution in [1.29, 1.82) is 0 Å². The summed E-state index contributed by atoms with van der Waals surface area (Å²) in [5.74, 6) is 0.918. The Morgan fingerprint density at radius 3 is 2.44 bits per heavy atom. The van der Waals surface area contributed by atoms with Gasteiger partial charge in [0.1, 0.15) is 5.75 Å². The zero-order valence-corrected chi connectivity index (χ0v) is 15.9. The highest BCUT2D eigenvalue weighted by Gasteiger charge is 2.23. The van der Waals surface area contributed by atoms with Crippen molar-refractivity contribution in [3.63, 3.8) is 0 Å². The van der Waals surface area contributed by atoms with E-state index in [1.807, 2.05) is 34.9 Å². The molecule has 1 aromatic carbocycles. The second kappa shape index (κ2) is 8.66. The van der Waals surface area contributed by atoms with Gasteiger partial charge in [0.2, 0.25) is 5.91 Å². The van der Waals surface area contributed by atoms with Gasteiger partial charge in [0.05, 0.1) is 13.5 Å². The molecule has 0 saturated carbocycles. The van der Waals surface area contributed by atoms with Gasteiger partial charge in [-0.15, -0.1) is 0 Å². The van der Waals surface area contributed by atoms with Gasteiger partial charge in [0.15, 0.2) is 0 Å². The molecule has 1 fully saturated rings. The lowest BCUT2D eigenvalue weighted by Gasteiger charge is -2.22. The van der Waals surface area contributed by atoms with Crippen LogP contribution >= 0.6 is 0 Å². The zero-order valence-electron chi connectivity index (χ0n) is 15.9. The SMILES string of the molecule is COc1ccc(CC(=O)N2CCCN(C(=O)c3ccncc3)CC2)cc1C. The second-order valence-electron chi connectivity index (χ2n) is 6.74. The molecule has 0 spiro atoms. The zero-order chi connectivity index (χ0) is 19.2. The predicted molar refractivity (Wildman–Crippen MR) is 103 cm³/mol. The molecule has 2 aromatic rings. The summed E-state index contributed by atoms with van der Waals surface area (Å²) in [5.41, 5.74) is 2.64. The van der Waals surface area contributed by atoms with Crippen LogP contribution in [0, 0.1) is 6.92 Å². The van der Waals surface area contributed by atoms with Crippen molar-refractivity contribution in [2.75, 3.05) is 33.3 Å². The summed E-state index contributed by atoms with van der Waals surface area (Å²) in [5, 5.41) is 0. The molecule has 2 amide bonds. The van der Waals surface area contributed by atoms with Crippen LogP contribution in [0.4, 0.5) is 0 Å². The molecule has 142 valence electrons. The number of hydrogen-bond acceptors (Lipinski definition) is 4. The quantitative estimate of drug-likeness (QED) is 0.832. The van der Waals surface area contributed by atoms with Crippen LogP contribution in [-0.4, -0.2) is 59.9 Å². The van der Waals surface area contributed by atoms with Gasteiger partial charge in [-0.05, 0) is 42.7 Å². The van der Waals surface area contributed by atoms with E-state index in [-0.39, 0.29) is 11.8 Å². The molecule has 0 unspecified atom stereocenters. The van der Waals surface area contributed by atoms with E-state index in [4.69, 9.17) is 4.74 Å². The van der Waals surface area contributed by atoms with Gasteiger partial charge in [-0.2, -0.15) is 0 Å². The Morgan fingerprint density at radius 2 is 1.74 bits per heavy atom. The Hall–Kier alpha value is -2.89. The van der Waals surface area contributed by atoms with Crippen molar-refractivity contribution in [3.8, 4) is 5.75 Å². The Bertz CT molecular complexity index is 808. The lowest BCUT2D eigenvalue weighted by Crippen LogP contribution is -2.38. The maximum Gasteiger partial charge on any atom is 0.254 e. The summed E-state index contributed by atoms with van der Waals surface area (Å²) in [6, 6.07) is 9.27. The van der Waals surface area contributed by atoms with Crippen LogP contribution in [0.2, 0.25) is 0 Å². The van der Waals surface area contributed by atoms with Crippen molar-refractivity contribution >= 4 is 11.8 Å². The fraction of sp³-hybridized carbons (Fsp3) is 0.381. The summed E-state index contributed by atoms with van der Waals surface area (Å²) >= 11 is 0. The van der Waals surface area contributed by atoms with Gasteiger partial charge in [-0.1, -0.05) is 12.1 Å². The van der Waals surface area contributed by atoms with Gasteiger partial charge in [-0.3, -0.25) is 14.6 Å². The van der Waals surface area contributed by atoms with Gasteiger partial charge in [-0.25, -0.2) is 0 Å². The summed E-state index contributed by atoms with van der Waals surface area (Å²) in [6.45, 7) is 4.42. The minimum absolute atomic E-state index is 0.00234. The van der Waals surface area contributed by atoms with Crippen molar-refractivity contribution in [1.82, 2.24) is 14.8 Å². The molecule has 1 aliphatic heterocycles. The van der Waals surface area contributed by atoms with E-state index in [1.54, 1.807) is 31.6 Å². The number of aryl methyl sites for hydroxylation is 1. The molecule has 0 atom stereocenters. The smallest absolute Gasteiger partial charge is 0.254 e. The molecule has 6 nitrogen and oxygen atoms in total. The first kappa shape index (κ1) is 18.9. The minimum Gasteiger partial charge on any atom is -0.496 e. The summed E-state index contributed by atoms with van der Waals surface area (Å²) in [7, 11) is 1.64.